The van der Waals surface area contributed by atoms with Gasteiger partial charge in [-0.25, -0.2) is 0 Å². The van der Waals surface area contributed by atoms with E-state index in [1.165, 1.54) is 89.9 Å². The van der Waals surface area contributed by atoms with Gasteiger partial charge in [0.25, 0.3) is 0 Å². The molecule has 380 valence electrons. The highest BCUT2D eigenvalue weighted by molar-refractivity contribution is 5.71. The van der Waals surface area contributed by atoms with E-state index in [0.717, 1.165) is 103 Å². The van der Waals surface area contributed by atoms with Crippen molar-refractivity contribution in [1.29, 1.82) is 0 Å². The van der Waals surface area contributed by atoms with Crippen molar-refractivity contribution in [1.82, 2.24) is 0 Å². The van der Waals surface area contributed by atoms with Gasteiger partial charge in [-0.15, -0.1) is 0 Å². The highest BCUT2D eigenvalue weighted by atomic mass is 16.6. The molecule has 0 radical (unpaired) electrons. The third kappa shape index (κ3) is 52.9. The van der Waals surface area contributed by atoms with E-state index in [9.17, 15) is 14.4 Å². The first-order chi connectivity index (χ1) is 33.0. The number of esters is 3. The summed E-state index contributed by atoms with van der Waals surface area (Å²) in [4.78, 5) is 37.9. The molecule has 0 heterocycles. The van der Waals surface area contributed by atoms with Gasteiger partial charge in [0.2, 0.25) is 0 Å². The zero-order valence-corrected chi connectivity index (χ0v) is 43.4. The normalized spacial score (nSPS) is 12.9. The highest BCUT2D eigenvalue weighted by Gasteiger charge is 2.19. The summed E-state index contributed by atoms with van der Waals surface area (Å²) < 4.78 is 16.7. The van der Waals surface area contributed by atoms with Crippen molar-refractivity contribution >= 4 is 17.9 Å². The topological polar surface area (TPSA) is 78.9 Å². The Balaban J connectivity index is 4.26. The number of unbranched alkanes of at least 4 members (excludes halogenated alkanes) is 19. The molecule has 0 bridgehead atoms. The standard InChI is InChI=1S/C61H100O6/c1-4-7-10-13-16-18-20-22-24-26-27-28-29-30-31-32-33-35-36-38-40-42-45-48-51-54-60(63)66-57-58(56-65-59(62)53-50-47-44-15-12-9-6-3)67-61(64)55-52-49-46-43-41-39-37-34-25-23-21-19-17-14-11-8-5-2/h7-8,10-11,16-19,22-25,27-28,37,39,43,46,58H,4-6,9,12-15,20-21,26,29-36,38,40-42,44-45,47-57H2,1-3H3/b10-7-,11-8-,18-16-,19-17-,24-22-,25-23-,28-27-,39-37-,46-43-. The van der Waals surface area contributed by atoms with Crippen LogP contribution in [0.3, 0.4) is 0 Å². The van der Waals surface area contributed by atoms with Gasteiger partial charge in [-0.2, -0.15) is 0 Å². The molecule has 0 aliphatic heterocycles. The molecule has 0 aromatic heterocycles. The van der Waals surface area contributed by atoms with Gasteiger partial charge in [-0.3, -0.25) is 14.4 Å². The summed E-state index contributed by atoms with van der Waals surface area (Å²) in [6.07, 6.45) is 73.9. The van der Waals surface area contributed by atoms with Crippen molar-refractivity contribution in [2.75, 3.05) is 13.2 Å². The van der Waals surface area contributed by atoms with Crippen molar-refractivity contribution in [2.45, 2.75) is 245 Å². The Kier molecular flexibility index (Phi) is 51.5. The van der Waals surface area contributed by atoms with Crippen LogP contribution in [0.5, 0.6) is 0 Å². The fourth-order valence-corrected chi connectivity index (χ4v) is 7.23. The second-order valence-corrected chi connectivity index (χ2v) is 17.7. The number of carbonyl (C=O) groups is 3. The van der Waals surface area contributed by atoms with Crippen LogP contribution in [0.2, 0.25) is 0 Å². The van der Waals surface area contributed by atoms with Crippen LogP contribution in [-0.2, 0) is 28.6 Å². The van der Waals surface area contributed by atoms with E-state index >= 15 is 0 Å². The van der Waals surface area contributed by atoms with E-state index < -0.39 is 6.10 Å². The second-order valence-electron chi connectivity index (χ2n) is 17.7. The molecule has 0 aliphatic rings. The van der Waals surface area contributed by atoms with Gasteiger partial charge in [0.1, 0.15) is 13.2 Å². The molecule has 6 nitrogen and oxygen atoms in total. The number of rotatable bonds is 48. The number of ether oxygens (including phenoxy) is 3. The van der Waals surface area contributed by atoms with Crippen LogP contribution < -0.4 is 0 Å². The van der Waals surface area contributed by atoms with Crippen molar-refractivity contribution in [3.63, 3.8) is 0 Å². The third-order valence-electron chi connectivity index (χ3n) is 11.3. The van der Waals surface area contributed by atoms with Gasteiger partial charge in [-0.05, 0) is 96.3 Å². The molecule has 0 saturated heterocycles. The molecule has 1 atom stereocenters. The van der Waals surface area contributed by atoms with E-state index in [1.54, 1.807) is 0 Å². The van der Waals surface area contributed by atoms with Crippen LogP contribution in [0.1, 0.15) is 239 Å². The van der Waals surface area contributed by atoms with Gasteiger partial charge in [0.05, 0.1) is 0 Å². The molecular formula is C61H100O6. The lowest BCUT2D eigenvalue weighted by atomic mass is 10.0. The van der Waals surface area contributed by atoms with Gasteiger partial charge in [0.15, 0.2) is 6.10 Å². The Hall–Kier alpha value is -3.93. The maximum absolute atomic E-state index is 12.8. The summed E-state index contributed by atoms with van der Waals surface area (Å²) in [5, 5.41) is 0. The number of hydrogen-bond acceptors (Lipinski definition) is 6. The van der Waals surface area contributed by atoms with Crippen LogP contribution in [0.4, 0.5) is 0 Å². The highest BCUT2D eigenvalue weighted by Crippen LogP contribution is 2.15. The molecule has 0 N–H and O–H groups in total. The van der Waals surface area contributed by atoms with Gasteiger partial charge >= 0.3 is 17.9 Å². The van der Waals surface area contributed by atoms with Crippen LogP contribution in [-0.4, -0.2) is 37.2 Å². The summed E-state index contributed by atoms with van der Waals surface area (Å²) >= 11 is 0. The molecule has 1 unspecified atom stereocenters. The molecule has 0 saturated carbocycles. The van der Waals surface area contributed by atoms with E-state index in [1.807, 2.05) is 0 Å². The summed E-state index contributed by atoms with van der Waals surface area (Å²) in [6.45, 7) is 6.31. The van der Waals surface area contributed by atoms with Crippen LogP contribution in [0, 0.1) is 0 Å². The first-order valence-electron chi connectivity index (χ1n) is 27.4. The van der Waals surface area contributed by atoms with Crippen molar-refractivity contribution in [3.8, 4) is 0 Å². The Morgan fingerprint density at radius 1 is 0.313 bits per heavy atom. The Morgan fingerprint density at radius 2 is 0.597 bits per heavy atom. The molecule has 6 heteroatoms. The zero-order valence-electron chi connectivity index (χ0n) is 43.4. The molecule has 0 aliphatic carbocycles. The van der Waals surface area contributed by atoms with Crippen molar-refractivity contribution in [2.24, 2.45) is 0 Å². The first kappa shape index (κ1) is 63.1. The molecule has 0 aromatic rings. The van der Waals surface area contributed by atoms with E-state index in [4.69, 9.17) is 14.2 Å². The fourth-order valence-electron chi connectivity index (χ4n) is 7.23. The Labute approximate surface area is 412 Å². The molecule has 0 fully saturated rings. The van der Waals surface area contributed by atoms with Crippen LogP contribution in [0.25, 0.3) is 0 Å². The Morgan fingerprint density at radius 3 is 0.955 bits per heavy atom. The average Bonchev–Trinajstić information content (AvgIpc) is 3.33. The molecule has 0 rings (SSSR count). The minimum Gasteiger partial charge on any atom is -0.462 e. The zero-order chi connectivity index (χ0) is 48.6. The predicted molar refractivity (Wildman–Crippen MR) is 288 cm³/mol. The molecule has 0 amide bonds. The number of hydrogen-bond donors (Lipinski definition) is 0. The lowest BCUT2D eigenvalue weighted by Gasteiger charge is -2.18. The minimum atomic E-state index is -0.806. The SMILES string of the molecule is CC/C=C\C/C=C\C/C=C\C/C=C\C/C=C\CCCC(=O)OC(COC(=O)CCCCCCCCC)COC(=O)CCCCCCCCCCCCCC/C=C\C/C=C\C/C=C\C/C=C\CC. The minimum absolute atomic E-state index is 0.101. The largest absolute Gasteiger partial charge is 0.462 e. The quantitative estimate of drug-likeness (QED) is 0.0262. The number of carbonyl (C=O) groups excluding carboxylic acids is 3. The summed E-state index contributed by atoms with van der Waals surface area (Å²) in [5.74, 6) is -0.971. The Bertz CT molecular complexity index is 1390. The molecular weight excluding hydrogens is 829 g/mol. The van der Waals surface area contributed by atoms with Gasteiger partial charge in [0, 0.05) is 19.3 Å². The average molecular weight is 929 g/mol. The monoisotopic (exact) mass is 929 g/mol. The summed E-state index contributed by atoms with van der Waals surface area (Å²) in [5.41, 5.74) is 0. The van der Waals surface area contributed by atoms with Crippen molar-refractivity contribution < 1.29 is 28.6 Å². The first-order valence-corrected chi connectivity index (χ1v) is 27.4. The van der Waals surface area contributed by atoms with Crippen molar-refractivity contribution in [3.05, 3.63) is 109 Å². The second kappa shape index (κ2) is 54.7. The molecule has 67 heavy (non-hydrogen) atoms. The van der Waals surface area contributed by atoms with Crippen LogP contribution >= 0.6 is 0 Å². The van der Waals surface area contributed by atoms with Crippen LogP contribution in [0.15, 0.2) is 109 Å². The summed E-state index contributed by atoms with van der Waals surface area (Å²) in [6, 6.07) is 0. The van der Waals surface area contributed by atoms with E-state index in [0.29, 0.717) is 19.3 Å². The van der Waals surface area contributed by atoms with E-state index in [2.05, 4.69) is 130 Å². The lowest BCUT2D eigenvalue weighted by Crippen LogP contribution is -2.30. The fraction of sp³-hybridized carbons (Fsp3) is 0.656. The maximum atomic E-state index is 12.8. The summed E-state index contributed by atoms with van der Waals surface area (Å²) in [7, 11) is 0. The maximum Gasteiger partial charge on any atom is 0.306 e. The van der Waals surface area contributed by atoms with Gasteiger partial charge < -0.3 is 14.2 Å². The lowest BCUT2D eigenvalue weighted by molar-refractivity contribution is -0.167. The smallest absolute Gasteiger partial charge is 0.306 e. The number of allylic oxidation sites excluding steroid dienone is 18. The molecule has 0 spiro atoms. The van der Waals surface area contributed by atoms with Gasteiger partial charge in [-0.1, -0.05) is 233 Å². The van der Waals surface area contributed by atoms with E-state index in [-0.39, 0.29) is 37.5 Å². The third-order valence-corrected chi connectivity index (χ3v) is 11.3. The molecule has 0 aromatic carbocycles. The predicted octanol–water partition coefficient (Wildman–Crippen LogP) is 18.3.